The molecule has 2 N–H and O–H groups in total. The molecule has 2 aromatic carbocycles. The largest absolute Gasteiger partial charge is 0.497 e. The Morgan fingerprint density at radius 2 is 1.71 bits per heavy atom. The Kier molecular flexibility index (Phi) is 9.76. The first-order valence-corrected chi connectivity index (χ1v) is 13.8. The minimum atomic E-state index is -4.73. The average molecular weight is 621 g/mol. The number of benzene rings is 2. The smallest absolute Gasteiger partial charge is 0.416 e. The van der Waals surface area contributed by atoms with Gasteiger partial charge in [0.05, 0.1) is 48.3 Å². The van der Waals surface area contributed by atoms with Crippen LogP contribution in [0.3, 0.4) is 0 Å². The fraction of sp³-hybridized carbons (Fsp3) is 0.281. The summed E-state index contributed by atoms with van der Waals surface area (Å²) in [6.07, 6.45) is -1.81. The summed E-state index contributed by atoms with van der Waals surface area (Å²) in [5.74, 6) is 1.73. The van der Waals surface area contributed by atoms with E-state index in [0.717, 1.165) is 17.4 Å². The van der Waals surface area contributed by atoms with Gasteiger partial charge in [-0.3, -0.25) is 0 Å². The second-order valence-corrected chi connectivity index (χ2v) is 10.4. The number of pyridine rings is 1. The molecule has 0 unspecified atom stereocenters. The van der Waals surface area contributed by atoms with Gasteiger partial charge in [-0.1, -0.05) is 18.2 Å². The van der Waals surface area contributed by atoms with Gasteiger partial charge in [0.2, 0.25) is 0 Å². The average Bonchev–Trinajstić information content (AvgIpc) is 3.01. The molecule has 0 atom stereocenters. The lowest BCUT2D eigenvalue weighted by Crippen LogP contribution is -2.23. The van der Waals surface area contributed by atoms with Crippen LogP contribution in [-0.4, -0.2) is 34.7 Å². The van der Waals surface area contributed by atoms with E-state index in [1.165, 1.54) is 38.4 Å². The number of amides is 2. The van der Waals surface area contributed by atoms with Crippen LogP contribution in [0.25, 0.3) is 11.4 Å². The molecule has 0 spiro atoms. The lowest BCUT2D eigenvalue weighted by atomic mass is 9.83. The number of nitrogens with one attached hydrogen (secondary N) is 2. The summed E-state index contributed by atoms with van der Waals surface area (Å²) < 4.78 is 58.1. The van der Waals surface area contributed by atoms with E-state index in [-0.39, 0.29) is 23.5 Å². The first kappa shape index (κ1) is 32.5. The Morgan fingerprint density at radius 3 is 2.33 bits per heavy atom. The Labute approximate surface area is 258 Å². The third-order valence-corrected chi connectivity index (χ3v) is 6.67. The van der Waals surface area contributed by atoms with Gasteiger partial charge in [0, 0.05) is 17.4 Å². The van der Waals surface area contributed by atoms with Crippen LogP contribution in [0.1, 0.15) is 43.2 Å². The van der Waals surface area contributed by atoms with Crippen LogP contribution < -0.4 is 24.8 Å². The van der Waals surface area contributed by atoms with Crippen LogP contribution in [0, 0.1) is 18.3 Å². The molecule has 2 amide bonds. The zero-order valence-corrected chi connectivity index (χ0v) is 25.2. The fourth-order valence-corrected chi connectivity index (χ4v) is 4.27. The number of methoxy groups -OCH3 is 1. The predicted octanol–water partition coefficient (Wildman–Crippen LogP) is 7.30. The standard InChI is InChI=1S/C32H31F3N6O4/c1-6-44-27-13-21(15-38-29(27)45-17-20-7-10-23(43-5)11-8-20)28-37-16-26(19(2)39-28)41-30(42)40-22-9-12-24(31(3,4)18-36)25(14-22)32(33,34)35/h7-16H,6,17H2,1-5H3,(H2,40,41,42). The van der Waals surface area contributed by atoms with Gasteiger partial charge in [-0.05, 0) is 69.2 Å². The highest BCUT2D eigenvalue weighted by atomic mass is 19.4. The first-order chi connectivity index (χ1) is 21.3. The highest BCUT2D eigenvalue weighted by Gasteiger charge is 2.38. The van der Waals surface area contributed by atoms with Crippen molar-refractivity contribution in [2.45, 2.75) is 45.9 Å². The molecule has 10 nitrogen and oxygen atoms in total. The van der Waals surface area contributed by atoms with Gasteiger partial charge in [-0.2, -0.15) is 18.4 Å². The third-order valence-electron chi connectivity index (χ3n) is 6.67. The van der Waals surface area contributed by atoms with Gasteiger partial charge in [-0.15, -0.1) is 0 Å². The number of hydrogen-bond donors (Lipinski definition) is 2. The van der Waals surface area contributed by atoms with E-state index in [1.54, 1.807) is 20.1 Å². The van der Waals surface area contributed by atoms with Crippen molar-refractivity contribution in [3.63, 3.8) is 0 Å². The minimum Gasteiger partial charge on any atom is -0.497 e. The number of nitriles is 1. The number of hydrogen-bond acceptors (Lipinski definition) is 8. The predicted molar refractivity (Wildman–Crippen MR) is 161 cm³/mol. The number of aryl methyl sites for hydroxylation is 1. The Morgan fingerprint density at radius 1 is 0.978 bits per heavy atom. The number of alkyl halides is 3. The van der Waals surface area contributed by atoms with Gasteiger partial charge in [-0.25, -0.2) is 19.7 Å². The zero-order chi connectivity index (χ0) is 32.8. The monoisotopic (exact) mass is 620 g/mol. The van der Waals surface area contributed by atoms with E-state index >= 15 is 0 Å². The molecule has 0 bridgehead atoms. The summed E-state index contributed by atoms with van der Waals surface area (Å²) >= 11 is 0. The van der Waals surface area contributed by atoms with E-state index in [4.69, 9.17) is 14.2 Å². The number of urea groups is 1. The third kappa shape index (κ3) is 7.97. The van der Waals surface area contributed by atoms with Gasteiger partial charge in [0.25, 0.3) is 5.88 Å². The van der Waals surface area contributed by atoms with Crippen molar-refractivity contribution in [2.24, 2.45) is 0 Å². The molecule has 0 fully saturated rings. The van der Waals surface area contributed by atoms with Crippen molar-refractivity contribution in [1.82, 2.24) is 15.0 Å². The molecule has 0 aliphatic carbocycles. The van der Waals surface area contributed by atoms with E-state index < -0.39 is 23.2 Å². The summed E-state index contributed by atoms with van der Waals surface area (Å²) in [4.78, 5) is 25.9. The summed E-state index contributed by atoms with van der Waals surface area (Å²) in [6.45, 7) is 6.88. The molecular weight excluding hydrogens is 589 g/mol. The Bertz CT molecular complexity index is 1720. The number of anilines is 2. The maximum absolute atomic E-state index is 13.8. The van der Waals surface area contributed by atoms with Gasteiger partial charge in [0.15, 0.2) is 11.6 Å². The first-order valence-electron chi connectivity index (χ1n) is 13.8. The molecule has 45 heavy (non-hydrogen) atoms. The van der Waals surface area contributed by atoms with Crippen LogP contribution in [0.2, 0.25) is 0 Å². The molecule has 0 aliphatic heterocycles. The normalized spacial score (nSPS) is 11.4. The Hall–Kier alpha value is -5.38. The maximum Gasteiger partial charge on any atom is 0.416 e. The number of carbonyl (C=O) groups is 1. The van der Waals surface area contributed by atoms with E-state index in [2.05, 4.69) is 25.6 Å². The van der Waals surface area contributed by atoms with Crippen molar-refractivity contribution < 1.29 is 32.2 Å². The summed E-state index contributed by atoms with van der Waals surface area (Å²) in [6, 6.07) is 13.5. The van der Waals surface area contributed by atoms with Crippen molar-refractivity contribution >= 4 is 17.4 Å². The Balaban J connectivity index is 1.47. The van der Waals surface area contributed by atoms with E-state index in [0.29, 0.717) is 35.3 Å². The van der Waals surface area contributed by atoms with Crippen LogP contribution in [-0.2, 0) is 18.2 Å². The van der Waals surface area contributed by atoms with Crippen molar-refractivity contribution in [3.05, 3.63) is 83.3 Å². The molecule has 4 aromatic rings. The van der Waals surface area contributed by atoms with Crippen molar-refractivity contribution in [3.8, 4) is 34.8 Å². The second kappa shape index (κ2) is 13.5. The number of halogens is 3. The van der Waals surface area contributed by atoms with E-state index in [9.17, 15) is 23.2 Å². The lowest BCUT2D eigenvalue weighted by molar-refractivity contribution is -0.138. The van der Waals surface area contributed by atoms with Gasteiger partial charge in [0.1, 0.15) is 12.4 Å². The maximum atomic E-state index is 13.8. The number of nitrogens with zero attached hydrogens (tertiary/aromatic N) is 4. The molecule has 0 saturated heterocycles. The van der Waals surface area contributed by atoms with Gasteiger partial charge < -0.3 is 24.8 Å². The number of ether oxygens (including phenoxy) is 3. The molecule has 2 aromatic heterocycles. The summed E-state index contributed by atoms with van der Waals surface area (Å²) in [7, 11) is 1.59. The molecule has 2 heterocycles. The number of aromatic nitrogens is 3. The second-order valence-electron chi connectivity index (χ2n) is 10.4. The number of carbonyl (C=O) groups excluding carboxylic acids is 1. The lowest BCUT2D eigenvalue weighted by Gasteiger charge is -2.22. The SMILES string of the molecule is CCOc1cc(-c2ncc(NC(=O)Nc3ccc(C(C)(C)C#N)c(C(F)(F)F)c3)c(C)n2)cnc1OCc1ccc(OC)cc1. The molecule has 0 saturated carbocycles. The van der Waals surface area contributed by atoms with Crippen molar-refractivity contribution in [2.75, 3.05) is 24.4 Å². The van der Waals surface area contributed by atoms with Gasteiger partial charge >= 0.3 is 12.2 Å². The highest BCUT2D eigenvalue weighted by molar-refractivity contribution is 6.00. The molecule has 0 radical (unpaired) electrons. The molecule has 4 rings (SSSR count). The van der Waals surface area contributed by atoms with Crippen LogP contribution in [0.5, 0.6) is 17.4 Å². The van der Waals surface area contributed by atoms with Crippen LogP contribution in [0.4, 0.5) is 29.3 Å². The number of rotatable bonds is 10. The summed E-state index contributed by atoms with van der Waals surface area (Å²) in [5, 5.41) is 14.3. The quantitative estimate of drug-likeness (QED) is 0.189. The van der Waals surface area contributed by atoms with Crippen LogP contribution >= 0.6 is 0 Å². The summed E-state index contributed by atoms with van der Waals surface area (Å²) in [5.41, 5.74) is -0.593. The molecule has 0 aliphatic rings. The molecule has 234 valence electrons. The minimum absolute atomic E-state index is 0.101. The topological polar surface area (TPSA) is 131 Å². The highest BCUT2D eigenvalue weighted by Crippen LogP contribution is 2.39. The van der Waals surface area contributed by atoms with Crippen LogP contribution in [0.15, 0.2) is 60.9 Å². The fourth-order valence-electron chi connectivity index (χ4n) is 4.27. The zero-order valence-electron chi connectivity index (χ0n) is 25.2. The molecule has 13 heteroatoms. The van der Waals surface area contributed by atoms with Crippen molar-refractivity contribution in [1.29, 1.82) is 5.26 Å². The van der Waals surface area contributed by atoms with E-state index in [1.807, 2.05) is 37.3 Å². The molecular formula is C32H31F3N6O4.